The molecule has 0 radical (unpaired) electrons. The third-order valence-electron chi connectivity index (χ3n) is 3.87. The summed E-state index contributed by atoms with van der Waals surface area (Å²) in [6.07, 6.45) is 2.93. The fourth-order valence-corrected chi connectivity index (χ4v) is 3.32. The molecule has 0 aliphatic carbocycles. The lowest BCUT2D eigenvalue weighted by molar-refractivity contribution is -0.130. The first-order valence-electron chi connectivity index (χ1n) is 7.93. The maximum Gasteiger partial charge on any atom is 0.264 e. The van der Waals surface area contributed by atoms with Crippen molar-refractivity contribution in [2.24, 2.45) is 0 Å². The van der Waals surface area contributed by atoms with Crippen molar-refractivity contribution in [1.82, 2.24) is 10.3 Å². The molecule has 4 rings (SSSR count). The van der Waals surface area contributed by atoms with Gasteiger partial charge in [-0.3, -0.25) is 9.78 Å². The Morgan fingerprint density at radius 1 is 1.20 bits per heavy atom. The number of carbonyl (C=O) groups excluding carboxylic acids is 1. The second kappa shape index (κ2) is 6.94. The van der Waals surface area contributed by atoms with Crippen LogP contribution >= 0.6 is 11.3 Å². The van der Waals surface area contributed by atoms with E-state index in [1.54, 1.807) is 23.6 Å². The molecule has 1 unspecified atom stereocenters. The molecule has 126 valence electrons. The highest BCUT2D eigenvalue weighted by Gasteiger charge is 2.26. The van der Waals surface area contributed by atoms with Crippen molar-refractivity contribution in [3.05, 3.63) is 65.8 Å². The summed E-state index contributed by atoms with van der Waals surface area (Å²) in [6.45, 7) is 0.600. The van der Waals surface area contributed by atoms with Crippen molar-refractivity contribution in [2.75, 3.05) is 6.61 Å². The molecule has 0 spiro atoms. The van der Waals surface area contributed by atoms with Gasteiger partial charge in [0.1, 0.15) is 6.61 Å². The molecular weight excluding hydrogens is 336 g/mol. The Morgan fingerprint density at radius 3 is 2.92 bits per heavy atom. The van der Waals surface area contributed by atoms with Gasteiger partial charge in [-0.2, -0.15) is 0 Å². The highest BCUT2D eigenvalue weighted by molar-refractivity contribution is 7.13. The highest BCUT2D eigenvalue weighted by Crippen LogP contribution is 2.31. The van der Waals surface area contributed by atoms with Crippen LogP contribution in [0.4, 0.5) is 0 Å². The van der Waals surface area contributed by atoms with E-state index in [4.69, 9.17) is 9.47 Å². The van der Waals surface area contributed by atoms with Crippen molar-refractivity contribution in [1.29, 1.82) is 0 Å². The minimum atomic E-state index is -0.650. The molecule has 1 amide bonds. The van der Waals surface area contributed by atoms with E-state index in [-0.39, 0.29) is 12.5 Å². The summed E-state index contributed by atoms with van der Waals surface area (Å²) in [5, 5.41) is 4.92. The Morgan fingerprint density at radius 2 is 2.08 bits per heavy atom. The van der Waals surface area contributed by atoms with Crippen LogP contribution in [0.25, 0.3) is 10.4 Å². The van der Waals surface area contributed by atoms with Crippen LogP contribution in [0, 0.1) is 0 Å². The Kier molecular flexibility index (Phi) is 4.35. The van der Waals surface area contributed by atoms with Crippen LogP contribution in [0.15, 0.2) is 60.2 Å². The molecule has 1 aliphatic rings. The predicted molar refractivity (Wildman–Crippen MR) is 95.7 cm³/mol. The highest BCUT2D eigenvalue weighted by atomic mass is 32.1. The van der Waals surface area contributed by atoms with Gasteiger partial charge in [-0.15, -0.1) is 11.3 Å². The number of benzene rings is 1. The molecule has 3 heterocycles. The summed E-state index contributed by atoms with van der Waals surface area (Å²) in [4.78, 5) is 17.8. The van der Waals surface area contributed by atoms with Gasteiger partial charge >= 0.3 is 0 Å². The van der Waals surface area contributed by atoms with Crippen LogP contribution in [0.5, 0.6) is 11.5 Å². The van der Waals surface area contributed by atoms with Gasteiger partial charge in [-0.25, -0.2) is 0 Å². The van der Waals surface area contributed by atoms with Crippen molar-refractivity contribution in [2.45, 2.75) is 12.6 Å². The van der Waals surface area contributed by atoms with E-state index in [0.29, 0.717) is 18.0 Å². The monoisotopic (exact) mass is 352 g/mol. The van der Waals surface area contributed by atoms with Crippen molar-refractivity contribution in [3.8, 4) is 21.9 Å². The van der Waals surface area contributed by atoms with E-state index in [0.717, 1.165) is 16.0 Å². The third kappa shape index (κ3) is 3.49. The second-order valence-electron chi connectivity index (χ2n) is 5.64. The average molecular weight is 352 g/mol. The van der Waals surface area contributed by atoms with E-state index >= 15 is 0 Å². The Bertz CT molecular complexity index is 880. The molecule has 25 heavy (non-hydrogen) atoms. The van der Waals surface area contributed by atoms with Crippen LogP contribution in [0.1, 0.15) is 5.56 Å². The number of ether oxygens (including phenoxy) is 2. The van der Waals surface area contributed by atoms with Gasteiger partial charge in [0.25, 0.3) is 5.91 Å². The first-order valence-corrected chi connectivity index (χ1v) is 8.81. The van der Waals surface area contributed by atoms with Crippen molar-refractivity contribution < 1.29 is 14.3 Å². The molecule has 3 aromatic rings. The predicted octanol–water partition coefficient (Wildman–Crippen LogP) is 3.27. The zero-order valence-corrected chi connectivity index (χ0v) is 14.2. The van der Waals surface area contributed by atoms with Gasteiger partial charge in [-0.05, 0) is 35.2 Å². The molecule has 5 nitrogen and oxygen atoms in total. The number of amides is 1. The Balaban J connectivity index is 1.39. The summed E-state index contributed by atoms with van der Waals surface area (Å²) in [5.41, 5.74) is 1.99. The van der Waals surface area contributed by atoms with E-state index in [1.807, 2.05) is 41.9 Å². The van der Waals surface area contributed by atoms with Gasteiger partial charge in [0.05, 0.1) is 0 Å². The molecule has 0 fully saturated rings. The molecule has 1 aliphatic heterocycles. The minimum Gasteiger partial charge on any atom is -0.485 e. The number of fused-ring (bicyclic) bond motifs is 1. The molecule has 6 heteroatoms. The number of para-hydroxylation sites is 2. The van der Waals surface area contributed by atoms with Gasteiger partial charge < -0.3 is 14.8 Å². The number of nitrogens with zero attached hydrogens (tertiary/aromatic N) is 1. The third-order valence-corrected chi connectivity index (χ3v) is 4.79. The zero-order chi connectivity index (χ0) is 17.1. The largest absolute Gasteiger partial charge is 0.485 e. The van der Waals surface area contributed by atoms with Gasteiger partial charge in [-0.1, -0.05) is 18.2 Å². The SMILES string of the molecule is O=C(NCc1cncc(-c2cccs2)c1)C1COc2ccccc2O1. The number of nitrogens with one attached hydrogen (secondary N) is 1. The summed E-state index contributed by atoms with van der Waals surface area (Å²) in [5.74, 6) is 1.06. The fourth-order valence-electron chi connectivity index (χ4n) is 2.61. The summed E-state index contributed by atoms with van der Waals surface area (Å²) in [7, 11) is 0. The van der Waals surface area contributed by atoms with Crippen LogP contribution in [-0.2, 0) is 11.3 Å². The van der Waals surface area contributed by atoms with E-state index < -0.39 is 6.10 Å². The maximum atomic E-state index is 12.4. The van der Waals surface area contributed by atoms with Crippen LogP contribution in [0.3, 0.4) is 0 Å². The Hall–Kier alpha value is -2.86. The van der Waals surface area contributed by atoms with E-state index in [1.165, 1.54) is 0 Å². The fraction of sp³-hybridized carbons (Fsp3) is 0.158. The number of rotatable bonds is 4. The molecule has 1 aromatic carbocycles. The van der Waals surface area contributed by atoms with Crippen LogP contribution < -0.4 is 14.8 Å². The molecule has 0 saturated heterocycles. The number of hydrogen-bond acceptors (Lipinski definition) is 5. The smallest absolute Gasteiger partial charge is 0.264 e. The zero-order valence-electron chi connectivity index (χ0n) is 13.3. The summed E-state index contributed by atoms with van der Waals surface area (Å²) < 4.78 is 11.3. The van der Waals surface area contributed by atoms with Gasteiger partial charge in [0, 0.05) is 29.4 Å². The van der Waals surface area contributed by atoms with Crippen LogP contribution in [-0.4, -0.2) is 23.6 Å². The summed E-state index contributed by atoms with van der Waals surface area (Å²) in [6, 6.07) is 13.4. The average Bonchev–Trinajstić information content (AvgIpc) is 3.21. The number of aromatic nitrogens is 1. The lowest BCUT2D eigenvalue weighted by Gasteiger charge is -2.25. The number of hydrogen-bond donors (Lipinski definition) is 1. The first-order chi connectivity index (χ1) is 12.3. The summed E-state index contributed by atoms with van der Waals surface area (Å²) >= 11 is 1.66. The van der Waals surface area contributed by atoms with E-state index in [2.05, 4.69) is 16.4 Å². The van der Waals surface area contributed by atoms with Gasteiger partial charge in [0.2, 0.25) is 6.10 Å². The lowest BCUT2D eigenvalue weighted by Crippen LogP contribution is -2.43. The molecule has 2 aromatic heterocycles. The quantitative estimate of drug-likeness (QED) is 0.783. The number of carbonyl (C=O) groups is 1. The minimum absolute atomic E-state index is 0.198. The number of pyridine rings is 1. The normalized spacial score (nSPS) is 15.6. The topological polar surface area (TPSA) is 60.5 Å². The van der Waals surface area contributed by atoms with E-state index in [9.17, 15) is 4.79 Å². The number of thiophene rings is 1. The molecule has 1 atom stereocenters. The van der Waals surface area contributed by atoms with Gasteiger partial charge in [0.15, 0.2) is 11.5 Å². The maximum absolute atomic E-state index is 12.4. The lowest BCUT2D eigenvalue weighted by atomic mass is 10.2. The van der Waals surface area contributed by atoms with Crippen molar-refractivity contribution in [3.63, 3.8) is 0 Å². The molecule has 1 N–H and O–H groups in total. The second-order valence-corrected chi connectivity index (χ2v) is 6.59. The Labute approximate surface area is 149 Å². The van der Waals surface area contributed by atoms with Crippen molar-refractivity contribution >= 4 is 17.2 Å². The first kappa shape index (κ1) is 15.7. The molecular formula is C19H16N2O3S. The van der Waals surface area contributed by atoms with Crippen LogP contribution in [0.2, 0.25) is 0 Å². The molecule has 0 bridgehead atoms. The standard InChI is InChI=1S/C19H16N2O3S/c22-19(17-12-23-15-4-1-2-5-16(15)24-17)21-10-13-8-14(11-20-9-13)18-6-3-7-25-18/h1-9,11,17H,10,12H2,(H,21,22). The molecule has 0 saturated carbocycles.